The van der Waals surface area contributed by atoms with Crippen LogP contribution < -0.4 is 10.6 Å². The molecule has 0 spiro atoms. The van der Waals surface area contributed by atoms with Gasteiger partial charge in [-0.2, -0.15) is 0 Å². The van der Waals surface area contributed by atoms with Crippen LogP contribution >= 0.6 is 0 Å². The standard InChI is InChI=1S/C19H17F2N3O3/c20-15-2-1-3-16(21)17(15)18(25)24-19(26)23-14-8-6-12(7-9-14)10-22-27-11-13-4-5-13/h1-3,6-10,13H,4-5,11H2,(H2,23,24,25,26)/b22-10+. The fourth-order valence-corrected chi connectivity index (χ4v) is 2.23. The van der Waals surface area contributed by atoms with E-state index in [2.05, 4.69) is 10.5 Å². The van der Waals surface area contributed by atoms with Crippen molar-refractivity contribution in [2.24, 2.45) is 11.1 Å². The second-order valence-electron chi connectivity index (χ2n) is 6.10. The number of benzene rings is 2. The van der Waals surface area contributed by atoms with Crippen molar-refractivity contribution < 1.29 is 23.2 Å². The monoisotopic (exact) mass is 373 g/mol. The first-order valence-electron chi connectivity index (χ1n) is 8.34. The van der Waals surface area contributed by atoms with Crippen molar-refractivity contribution in [3.8, 4) is 0 Å². The van der Waals surface area contributed by atoms with Gasteiger partial charge in [0.05, 0.1) is 6.21 Å². The zero-order valence-electron chi connectivity index (χ0n) is 14.2. The Bertz CT molecular complexity index is 845. The quantitative estimate of drug-likeness (QED) is 0.599. The maximum absolute atomic E-state index is 13.5. The van der Waals surface area contributed by atoms with E-state index in [0.717, 1.165) is 23.8 Å². The topological polar surface area (TPSA) is 79.8 Å². The average Bonchev–Trinajstić information content (AvgIpc) is 3.44. The number of amides is 3. The van der Waals surface area contributed by atoms with Crippen LogP contribution in [-0.4, -0.2) is 24.8 Å². The summed E-state index contributed by atoms with van der Waals surface area (Å²) in [4.78, 5) is 28.9. The molecule has 1 aliphatic carbocycles. The Labute approximate surface area is 154 Å². The molecule has 3 rings (SSSR count). The summed E-state index contributed by atoms with van der Waals surface area (Å²) in [6.07, 6.45) is 3.92. The summed E-state index contributed by atoms with van der Waals surface area (Å²) < 4.78 is 27.1. The number of urea groups is 1. The van der Waals surface area contributed by atoms with E-state index in [1.54, 1.807) is 30.5 Å². The summed E-state index contributed by atoms with van der Waals surface area (Å²) in [5, 5.41) is 8.15. The van der Waals surface area contributed by atoms with Gasteiger partial charge in [-0.05, 0) is 48.6 Å². The van der Waals surface area contributed by atoms with E-state index >= 15 is 0 Å². The molecule has 27 heavy (non-hydrogen) atoms. The summed E-state index contributed by atoms with van der Waals surface area (Å²) in [5.74, 6) is -2.65. The van der Waals surface area contributed by atoms with E-state index < -0.39 is 29.1 Å². The van der Waals surface area contributed by atoms with Crippen LogP contribution in [-0.2, 0) is 4.84 Å². The molecule has 0 aromatic heterocycles. The van der Waals surface area contributed by atoms with Gasteiger partial charge in [-0.1, -0.05) is 23.4 Å². The van der Waals surface area contributed by atoms with Crippen LogP contribution in [0.15, 0.2) is 47.6 Å². The van der Waals surface area contributed by atoms with E-state index in [9.17, 15) is 18.4 Å². The van der Waals surface area contributed by atoms with E-state index in [-0.39, 0.29) is 0 Å². The van der Waals surface area contributed by atoms with Crippen LogP contribution in [0.25, 0.3) is 0 Å². The number of imide groups is 1. The molecular weight excluding hydrogens is 356 g/mol. The first-order chi connectivity index (χ1) is 13.0. The zero-order valence-corrected chi connectivity index (χ0v) is 14.2. The van der Waals surface area contributed by atoms with Gasteiger partial charge in [-0.15, -0.1) is 0 Å². The number of oxime groups is 1. The van der Waals surface area contributed by atoms with Gasteiger partial charge in [0, 0.05) is 5.69 Å². The van der Waals surface area contributed by atoms with Gasteiger partial charge >= 0.3 is 6.03 Å². The molecular formula is C19H17F2N3O3. The maximum atomic E-state index is 13.5. The molecule has 2 N–H and O–H groups in total. The summed E-state index contributed by atoms with van der Waals surface area (Å²) in [5.41, 5.74) is 0.344. The number of anilines is 1. The molecule has 0 heterocycles. The van der Waals surface area contributed by atoms with Crippen molar-refractivity contribution in [3.05, 3.63) is 65.2 Å². The van der Waals surface area contributed by atoms with Crippen molar-refractivity contribution in [1.82, 2.24) is 5.32 Å². The highest BCUT2D eigenvalue weighted by Crippen LogP contribution is 2.28. The van der Waals surface area contributed by atoms with Crippen molar-refractivity contribution in [2.75, 3.05) is 11.9 Å². The van der Waals surface area contributed by atoms with Crippen molar-refractivity contribution in [2.45, 2.75) is 12.8 Å². The SMILES string of the molecule is O=C(NC(=O)c1c(F)cccc1F)Nc1ccc(/C=N/OCC2CC2)cc1. The molecule has 2 aromatic carbocycles. The number of hydrogen-bond acceptors (Lipinski definition) is 4. The minimum absolute atomic E-state index is 0.394. The number of hydrogen-bond donors (Lipinski definition) is 2. The van der Waals surface area contributed by atoms with Gasteiger partial charge in [-0.3, -0.25) is 10.1 Å². The normalized spacial score (nSPS) is 13.4. The number of nitrogens with one attached hydrogen (secondary N) is 2. The Balaban J connectivity index is 1.52. The van der Waals surface area contributed by atoms with Crippen molar-refractivity contribution >= 4 is 23.8 Å². The van der Waals surface area contributed by atoms with Crippen LogP contribution in [0.1, 0.15) is 28.8 Å². The van der Waals surface area contributed by atoms with Crippen LogP contribution in [0.2, 0.25) is 0 Å². The molecule has 140 valence electrons. The smallest absolute Gasteiger partial charge is 0.326 e. The van der Waals surface area contributed by atoms with Crippen LogP contribution in [0.5, 0.6) is 0 Å². The van der Waals surface area contributed by atoms with Gasteiger partial charge in [0.1, 0.15) is 23.8 Å². The molecule has 0 bridgehead atoms. The number of carbonyl (C=O) groups excluding carboxylic acids is 2. The lowest BCUT2D eigenvalue weighted by atomic mass is 10.2. The minimum Gasteiger partial charge on any atom is -0.396 e. The summed E-state index contributed by atoms with van der Waals surface area (Å²) in [6, 6.07) is 8.66. The zero-order chi connectivity index (χ0) is 19.2. The predicted molar refractivity (Wildman–Crippen MR) is 95.6 cm³/mol. The third-order valence-electron chi connectivity index (χ3n) is 3.87. The van der Waals surface area contributed by atoms with Gasteiger partial charge in [-0.25, -0.2) is 13.6 Å². The minimum atomic E-state index is -1.17. The van der Waals surface area contributed by atoms with Gasteiger partial charge in [0.2, 0.25) is 0 Å². The molecule has 2 aromatic rings. The molecule has 0 aliphatic heterocycles. The highest BCUT2D eigenvalue weighted by molar-refractivity contribution is 6.08. The molecule has 0 unspecified atom stereocenters. The fraction of sp³-hybridized carbons (Fsp3) is 0.211. The highest BCUT2D eigenvalue weighted by Gasteiger charge is 2.21. The van der Waals surface area contributed by atoms with E-state index in [1.165, 1.54) is 12.8 Å². The lowest BCUT2D eigenvalue weighted by Crippen LogP contribution is -2.35. The number of carbonyl (C=O) groups is 2. The lowest BCUT2D eigenvalue weighted by molar-refractivity contribution is 0.0959. The van der Waals surface area contributed by atoms with Crippen molar-refractivity contribution in [3.63, 3.8) is 0 Å². The summed E-state index contributed by atoms with van der Waals surface area (Å²) in [6.45, 7) is 0.618. The molecule has 0 radical (unpaired) electrons. The van der Waals surface area contributed by atoms with Crippen LogP contribution in [0, 0.1) is 17.6 Å². The van der Waals surface area contributed by atoms with Gasteiger partial charge in [0.15, 0.2) is 0 Å². The van der Waals surface area contributed by atoms with Crippen molar-refractivity contribution in [1.29, 1.82) is 0 Å². The van der Waals surface area contributed by atoms with E-state index in [0.29, 0.717) is 18.2 Å². The number of rotatable bonds is 6. The Kier molecular flexibility index (Phi) is 5.75. The van der Waals surface area contributed by atoms with Crippen LogP contribution in [0.3, 0.4) is 0 Å². The first-order valence-corrected chi connectivity index (χ1v) is 8.34. The Morgan fingerprint density at radius 2 is 1.78 bits per heavy atom. The highest BCUT2D eigenvalue weighted by atomic mass is 19.1. The third kappa shape index (κ3) is 5.34. The summed E-state index contributed by atoms with van der Waals surface area (Å²) in [7, 11) is 0. The molecule has 1 fully saturated rings. The van der Waals surface area contributed by atoms with E-state index in [4.69, 9.17) is 4.84 Å². The second kappa shape index (κ2) is 8.39. The van der Waals surface area contributed by atoms with E-state index in [1.807, 2.05) is 5.32 Å². The number of nitrogens with zero attached hydrogens (tertiary/aromatic N) is 1. The Hall–Kier alpha value is -3.29. The van der Waals surface area contributed by atoms with Crippen LogP contribution in [0.4, 0.5) is 19.3 Å². The Morgan fingerprint density at radius 1 is 1.11 bits per heavy atom. The fourth-order valence-electron chi connectivity index (χ4n) is 2.23. The molecule has 0 saturated heterocycles. The first kappa shape index (κ1) is 18.5. The van der Waals surface area contributed by atoms with Gasteiger partial charge < -0.3 is 10.2 Å². The molecule has 1 saturated carbocycles. The lowest BCUT2D eigenvalue weighted by Gasteiger charge is -2.08. The largest absolute Gasteiger partial charge is 0.396 e. The predicted octanol–water partition coefficient (Wildman–Crippen LogP) is 3.69. The van der Waals surface area contributed by atoms with Gasteiger partial charge in [0.25, 0.3) is 5.91 Å². The summed E-state index contributed by atoms with van der Waals surface area (Å²) >= 11 is 0. The third-order valence-corrected chi connectivity index (χ3v) is 3.87. The molecule has 0 atom stereocenters. The second-order valence-corrected chi connectivity index (χ2v) is 6.10. The maximum Gasteiger partial charge on any atom is 0.326 e. The number of halogens is 2. The molecule has 8 heteroatoms. The average molecular weight is 373 g/mol. The Morgan fingerprint density at radius 3 is 2.41 bits per heavy atom. The molecule has 6 nitrogen and oxygen atoms in total. The molecule has 1 aliphatic rings. The molecule has 3 amide bonds.